The number of halogens is 1. The summed E-state index contributed by atoms with van der Waals surface area (Å²) in [5.41, 5.74) is 0.292. The molecule has 4 rings (SSSR count). The van der Waals surface area contributed by atoms with E-state index in [1.54, 1.807) is 13.8 Å². The van der Waals surface area contributed by atoms with Gasteiger partial charge in [0.2, 0.25) is 0 Å². The fourth-order valence-electron chi connectivity index (χ4n) is 2.97. The smallest absolute Gasteiger partial charge is 0.302 e. The first kappa shape index (κ1) is 17.9. The first-order valence-corrected chi connectivity index (χ1v) is 10.4. The van der Waals surface area contributed by atoms with Crippen molar-refractivity contribution < 1.29 is 12.8 Å². The Hall–Kier alpha value is -2.44. The first-order valence-electron chi connectivity index (χ1n) is 8.14. The number of aryl methyl sites for hydroxylation is 1. The van der Waals surface area contributed by atoms with E-state index in [2.05, 4.69) is 24.3 Å². The third-order valence-electron chi connectivity index (χ3n) is 4.25. The molecule has 1 atom stereocenters. The zero-order valence-corrected chi connectivity index (χ0v) is 16.1. The van der Waals surface area contributed by atoms with Gasteiger partial charge in [0.15, 0.2) is 16.7 Å². The van der Waals surface area contributed by atoms with Crippen molar-refractivity contribution in [3.8, 4) is 10.8 Å². The van der Waals surface area contributed by atoms with Crippen LogP contribution >= 0.6 is 11.5 Å². The second-order valence-electron chi connectivity index (χ2n) is 6.08. The number of aromatic nitrogens is 5. The maximum atomic E-state index is 13.0. The van der Waals surface area contributed by atoms with Gasteiger partial charge in [-0.25, -0.2) is 9.37 Å². The maximum absolute atomic E-state index is 13.0. The van der Waals surface area contributed by atoms with E-state index in [1.807, 2.05) is 4.57 Å². The van der Waals surface area contributed by atoms with Crippen molar-refractivity contribution >= 4 is 27.4 Å². The molecular weight excluding hydrogens is 393 g/mol. The molecular formula is C15H16FN7O2S2. The minimum absolute atomic E-state index is 0.244. The SMILES string of the molecule is Cc1nsc(-c2nnc3n2CCN(S(=O)(=O)Nc2ccc(F)cc2)[C@@H]3C)n1. The molecule has 0 fully saturated rings. The summed E-state index contributed by atoms with van der Waals surface area (Å²) in [6.45, 7) is 4.18. The molecule has 0 amide bonds. The number of nitrogens with zero attached hydrogens (tertiary/aromatic N) is 6. The minimum Gasteiger partial charge on any atom is -0.306 e. The number of nitrogens with one attached hydrogen (secondary N) is 1. The number of fused-ring (bicyclic) bond motifs is 1. The van der Waals surface area contributed by atoms with Crippen LogP contribution in [-0.2, 0) is 16.8 Å². The number of benzene rings is 1. The summed E-state index contributed by atoms with van der Waals surface area (Å²) in [5, 5.41) is 9.01. The number of hydrogen-bond acceptors (Lipinski definition) is 7. The third-order valence-corrected chi connectivity index (χ3v) is 6.66. The van der Waals surface area contributed by atoms with Crippen molar-refractivity contribution in [1.82, 2.24) is 28.4 Å². The lowest BCUT2D eigenvalue weighted by Gasteiger charge is -2.32. The predicted molar refractivity (Wildman–Crippen MR) is 97.7 cm³/mol. The molecule has 1 aromatic carbocycles. The van der Waals surface area contributed by atoms with Crippen LogP contribution in [-0.4, -0.2) is 43.4 Å². The largest absolute Gasteiger partial charge is 0.306 e. The molecule has 1 aliphatic heterocycles. The number of anilines is 1. The Labute approximate surface area is 159 Å². The number of hydrogen-bond donors (Lipinski definition) is 1. The highest BCUT2D eigenvalue weighted by Crippen LogP contribution is 2.31. The van der Waals surface area contributed by atoms with Crippen molar-refractivity contribution in [2.24, 2.45) is 0 Å². The Morgan fingerprint density at radius 2 is 1.96 bits per heavy atom. The van der Waals surface area contributed by atoms with Gasteiger partial charge in [-0.3, -0.25) is 4.72 Å². The van der Waals surface area contributed by atoms with E-state index in [9.17, 15) is 12.8 Å². The summed E-state index contributed by atoms with van der Waals surface area (Å²) in [6, 6.07) is 4.63. The average molecular weight is 409 g/mol. The van der Waals surface area contributed by atoms with Crippen LogP contribution in [0.4, 0.5) is 10.1 Å². The van der Waals surface area contributed by atoms with Crippen LogP contribution in [0.5, 0.6) is 0 Å². The van der Waals surface area contributed by atoms with Gasteiger partial charge in [0.05, 0.1) is 6.04 Å². The second kappa shape index (κ2) is 6.62. The molecule has 3 heterocycles. The Balaban J connectivity index is 1.61. The monoisotopic (exact) mass is 409 g/mol. The molecule has 3 aromatic rings. The van der Waals surface area contributed by atoms with Crippen LogP contribution in [0.3, 0.4) is 0 Å². The molecule has 1 aliphatic rings. The summed E-state index contributed by atoms with van der Waals surface area (Å²) in [6.07, 6.45) is 0. The molecule has 0 aliphatic carbocycles. The zero-order valence-electron chi connectivity index (χ0n) is 14.5. The van der Waals surface area contributed by atoms with Crippen LogP contribution in [0.1, 0.15) is 24.6 Å². The van der Waals surface area contributed by atoms with Crippen molar-refractivity contribution in [2.45, 2.75) is 26.4 Å². The molecule has 9 nitrogen and oxygen atoms in total. The van der Waals surface area contributed by atoms with Gasteiger partial charge in [0, 0.05) is 18.8 Å². The Kier molecular flexibility index (Phi) is 4.40. The zero-order chi connectivity index (χ0) is 19.2. The summed E-state index contributed by atoms with van der Waals surface area (Å²) >= 11 is 1.23. The van der Waals surface area contributed by atoms with Gasteiger partial charge < -0.3 is 4.57 Å². The summed E-state index contributed by atoms with van der Waals surface area (Å²) in [5.74, 6) is 1.35. The molecule has 27 heavy (non-hydrogen) atoms. The molecule has 0 radical (unpaired) electrons. The lowest BCUT2D eigenvalue weighted by atomic mass is 10.2. The van der Waals surface area contributed by atoms with Gasteiger partial charge in [0.1, 0.15) is 11.6 Å². The summed E-state index contributed by atoms with van der Waals surface area (Å²) in [4.78, 5) is 4.33. The molecule has 0 unspecified atom stereocenters. The molecule has 0 saturated heterocycles. The highest BCUT2D eigenvalue weighted by molar-refractivity contribution is 7.90. The standard InChI is InChI=1S/C15H16FN7O2S2/c1-9-13-18-19-14(15-17-10(2)20-26-15)22(13)7-8-23(9)27(24,25)21-12-5-3-11(16)4-6-12/h3-6,9,21H,7-8H2,1-2H3/t9-/m1/s1. The highest BCUT2D eigenvalue weighted by Gasteiger charge is 2.36. The Morgan fingerprint density at radius 1 is 1.22 bits per heavy atom. The van der Waals surface area contributed by atoms with Gasteiger partial charge in [-0.15, -0.1) is 10.2 Å². The predicted octanol–water partition coefficient (Wildman–Crippen LogP) is 1.98. The molecule has 1 N–H and O–H groups in total. The van der Waals surface area contributed by atoms with E-state index in [0.29, 0.717) is 34.7 Å². The van der Waals surface area contributed by atoms with E-state index >= 15 is 0 Å². The molecule has 0 saturated carbocycles. The van der Waals surface area contributed by atoms with Crippen LogP contribution in [0.15, 0.2) is 24.3 Å². The van der Waals surface area contributed by atoms with Gasteiger partial charge in [-0.2, -0.15) is 17.1 Å². The van der Waals surface area contributed by atoms with Gasteiger partial charge in [0.25, 0.3) is 0 Å². The van der Waals surface area contributed by atoms with Crippen molar-refractivity contribution in [1.29, 1.82) is 0 Å². The van der Waals surface area contributed by atoms with Crippen molar-refractivity contribution in [3.63, 3.8) is 0 Å². The van der Waals surface area contributed by atoms with E-state index < -0.39 is 22.1 Å². The number of rotatable bonds is 4. The normalized spacial score (nSPS) is 17.7. The first-order chi connectivity index (χ1) is 12.8. The lowest BCUT2D eigenvalue weighted by molar-refractivity contribution is 0.278. The lowest BCUT2D eigenvalue weighted by Crippen LogP contribution is -2.44. The fourth-order valence-corrected chi connectivity index (χ4v) is 5.01. The molecule has 2 aromatic heterocycles. The van der Waals surface area contributed by atoms with E-state index in [0.717, 1.165) is 0 Å². The molecule has 0 bridgehead atoms. The van der Waals surface area contributed by atoms with Crippen molar-refractivity contribution in [2.75, 3.05) is 11.3 Å². The van der Waals surface area contributed by atoms with Gasteiger partial charge in [-0.05, 0) is 49.6 Å². The Morgan fingerprint density at radius 3 is 2.63 bits per heavy atom. The van der Waals surface area contributed by atoms with E-state index in [1.165, 1.54) is 40.1 Å². The molecule has 0 spiro atoms. The third kappa shape index (κ3) is 3.31. The van der Waals surface area contributed by atoms with Crippen LogP contribution in [0, 0.1) is 12.7 Å². The van der Waals surface area contributed by atoms with Crippen LogP contribution in [0.2, 0.25) is 0 Å². The summed E-state index contributed by atoms with van der Waals surface area (Å²) in [7, 11) is -3.84. The van der Waals surface area contributed by atoms with Gasteiger partial charge in [-0.1, -0.05) is 0 Å². The minimum atomic E-state index is -3.84. The molecule has 12 heteroatoms. The quantitative estimate of drug-likeness (QED) is 0.706. The van der Waals surface area contributed by atoms with Gasteiger partial charge >= 0.3 is 10.2 Å². The Bertz CT molecular complexity index is 1080. The topological polar surface area (TPSA) is 106 Å². The van der Waals surface area contributed by atoms with E-state index in [4.69, 9.17) is 0 Å². The summed E-state index contributed by atoms with van der Waals surface area (Å²) < 4.78 is 48.4. The average Bonchev–Trinajstić information content (AvgIpc) is 3.23. The maximum Gasteiger partial charge on any atom is 0.302 e. The molecule has 142 valence electrons. The fraction of sp³-hybridized carbons (Fsp3) is 0.333. The van der Waals surface area contributed by atoms with Crippen LogP contribution in [0.25, 0.3) is 10.8 Å². The van der Waals surface area contributed by atoms with Crippen molar-refractivity contribution in [3.05, 3.63) is 41.7 Å². The second-order valence-corrected chi connectivity index (χ2v) is 8.46. The van der Waals surface area contributed by atoms with Crippen LogP contribution < -0.4 is 4.72 Å². The highest BCUT2D eigenvalue weighted by atomic mass is 32.2. The van der Waals surface area contributed by atoms with E-state index in [-0.39, 0.29) is 6.54 Å².